The second-order valence-corrected chi connectivity index (χ2v) is 4.77. The second-order valence-electron chi connectivity index (χ2n) is 4.77. The number of aliphatic carboxylic acids is 1. The number of nitrogens with zero attached hydrogens (tertiary/aromatic N) is 2. The maximum atomic E-state index is 12.1. The van der Waals surface area contributed by atoms with Gasteiger partial charge in [0, 0.05) is 20.1 Å². The first kappa shape index (κ1) is 13.8. The average Bonchev–Trinajstić information content (AvgIpc) is 2.36. The van der Waals surface area contributed by atoms with E-state index in [0.717, 1.165) is 25.9 Å². The van der Waals surface area contributed by atoms with E-state index < -0.39 is 12.0 Å². The van der Waals surface area contributed by atoms with E-state index >= 15 is 0 Å². The van der Waals surface area contributed by atoms with E-state index in [-0.39, 0.29) is 6.03 Å². The number of hydrogen-bond acceptors (Lipinski definition) is 2. The van der Waals surface area contributed by atoms with Crippen LogP contribution in [0.2, 0.25) is 0 Å². The molecule has 2 atom stereocenters. The quantitative estimate of drug-likeness (QED) is 0.818. The summed E-state index contributed by atoms with van der Waals surface area (Å²) in [6, 6.07) is -0.942. The zero-order valence-electron chi connectivity index (χ0n) is 10.8. The van der Waals surface area contributed by atoms with E-state index in [0.29, 0.717) is 5.92 Å². The van der Waals surface area contributed by atoms with Crippen molar-refractivity contribution < 1.29 is 14.7 Å². The Balaban J connectivity index is 2.59. The molecule has 1 heterocycles. The first-order chi connectivity index (χ1) is 7.97. The summed E-state index contributed by atoms with van der Waals surface area (Å²) < 4.78 is 0. The number of carboxylic acids is 1. The van der Waals surface area contributed by atoms with Crippen LogP contribution in [0.5, 0.6) is 0 Å². The molecule has 1 N–H and O–H groups in total. The summed E-state index contributed by atoms with van der Waals surface area (Å²) in [5.41, 5.74) is 0. The van der Waals surface area contributed by atoms with Gasteiger partial charge in [-0.25, -0.2) is 9.59 Å². The normalized spacial score (nSPS) is 22.1. The van der Waals surface area contributed by atoms with Crippen molar-refractivity contribution >= 4 is 12.0 Å². The van der Waals surface area contributed by atoms with Gasteiger partial charge < -0.3 is 14.9 Å². The predicted octanol–water partition coefficient (Wildman–Crippen LogP) is 1.63. The summed E-state index contributed by atoms with van der Waals surface area (Å²) in [7, 11) is 1.55. The molecule has 1 fully saturated rings. The molecule has 0 radical (unpaired) electrons. The molecule has 0 aromatic carbocycles. The molecule has 0 aromatic rings. The minimum absolute atomic E-state index is 0.168. The summed E-state index contributed by atoms with van der Waals surface area (Å²) in [6.07, 6.45) is 3.25. The summed E-state index contributed by atoms with van der Waals surface area (Å²) in [5.74, 6) is -0.411. The minimum Gasteiger partial charge on any atom is -0.480 e. The van der Waals surface area contributed by atoms with Gasteiger partial charge in [-0.1, -0.05) is 13.3 Å². The van der Waals surface area contributed by atoms with Crippen molar-refractivity contribution in [2.24, 2.45) is 5.92 Å². The van der Waals surface area contributed by atoms with E-state index in [1.165, 1.54) is 18.2 Å². The SMILES string of the molecule is CCC1CCCN(C(=O)N(C)C(C)C(=O)O)C1. The molecule has 0 spiro atoms. The Labute approximate surface area is 102 Å². The molecule has 0 aliphatic carbocycles. The van der Waals surface area contributed by atoms with Crippen molar-refractivity contribution in [2.45, 2.75) is 39.2 Å². The van der Waals surface area contributed by atoms with Crippen LogP contribution >= 0.6 is 0 Å². The van der Waals surface area contributed by atoms with Gasteiger partial charge in [-0.2, -0.15) is 0 Å². The van der Waals surface area contributed by atoms with Crippen LogP contribution in [0.4, 0.5) is 4.79 Å². The number of piperidine rings is 1. The lowest BCUT2D eigenvalue weighted by Gasteiger charge is -2.36. The van der Waals surface area contributed by atoms with Crippen molar-refractivity contribution in [2.75, 3.05) is 20.1 Å². The Morgan fingerprint density at radius 2 is 2.18 bits per heavy atom. The maximum absolute atomic E-state index is 12.1. The maximum Gasteiger partial charge on any atom is 0.326 e. The largest absolute Gasteiger partial charge is 0.480 e. The van der Waals surface area contributed by atoms with Gasteiger partial charge in [-0.15, -0.1) is 0 Å². The average molecular weight is 242 g/mol. The highest BCUT2D eigenvalue weighted by Gasteiger charge is 2.29. The number of likely N-dealkylation sites (tertiary alicyclic amines) is 1. The molecule has 5 heteroatoms. The van der Waals surface area contributed by atoms with Crippen LogP contribution in [0.25, 0.3) is 0 Å². The van der Waals surface area contributed by atoms with Gasteiger partial charge in [0.15, 0.2) is 0 Å². The third kappa shape index (κ3) is 3.35. The Hall–Kier alpha value is -1.26. The van der Waals surface area contributed by atoms with Gasteiger partial charge in [0.2, 0.25) is 0 Å². The first-order valence-electron chi connectivity index (χ1n) is 6.21. The van der Waals surface area contributed by atoms with Crippen molar-refractivity contribution in [3.05, 3.63) is 0 Å². The number of likely N-dealkylation sites (N-methyl/N-ethyl adjacent to an activating group) is 1. The van der Waals surface area contributed by atoms with Crippen LogP contribution < -0.4 is 0 Å². The van der Waals surface area contributed by atoms with Crippen LogP contribution in [0, 0.1) is 5.92 Å². The number of hydrogen-bond donors (Lipinski definition) is 1. The Bertz CT molecular complexity index is 293. The molecule has 0 aromatic heterocycles. The lowest BCUT2D eigenvalue weighted by molar-refractivity contribution is -0.141. The molecule has 1 rings (SSSR count). The van der Waals surface area contributed by atoms with Gasteiger partial charge in [0.1, 0.15) is 6.04 Å². The first-order valence-corrected chi connectivity index (χ1v) is 6.21. The van der Waals surface area contributed by atoms with Crippen molar-refractivity contribution in [1.29, 1.82) is 0 Å². The molecule has 98 valence electrons. The molecule has 5 nitrogen and oxygen atoms in total. The monoisotopic (exact) mass is 242 g/mol. The highest BCUT2D eigenvalue weighted by atomic mass is 16.4. The summed E-state index contributed by atoms with van der Waals surface area (Å²) in [6.45, 7) is 5.15. The highest BCUT2D eigenvalue weighted by Crippen LogP contribution is 2.20. The Morgan fingerprint density at radius 3 is 2.71 bits per heavy atom. The smallest absolute Gasteiger partial charge is 0.326 e. The van der Waals surface area contributed by atoms with E-state index in [4.69, 9.17) is 5.11 Å². The van der Waals surface area contributed by atoms with E-state index in [9.17, 15) is 9.59 Å². The van der Waals surface area contributed by atoms with Crippen LogP contribution in [-0.2, 0) is 4.79 Å². The van der Waals surface area contributed by atoms with Gasteiger partial charge in [0.05, 0.1) is 0 Å². The van der Waals surface area contributed by atoms with Gasteiger partial charge >= 0.3 is 12.0 Å². The fourth-order valence-electron chi connectivity index (χ4n) is 2.13. The van der Waals surface area contributed by atoms with Crippen LogP contribution in [0.3, 0.4) is 0 Å². The zero-order chi connectivity index (χ0) is 13.0. The zero-order valence-corrected chi connectivity index (χ0v) is 10.8. The minimum atomic E-state index is -0.968. The fraction of sp³-hybridized carbons (Fsp3) is 0.833. The van der Waals surface area contributed by atoms with Gasteiger partial charge in [-0.05, 0) is 25.7 Å². The molecular formula is C12H22N2O3. The molecule has 2 unspecified atom stereocenters. The number of amides is 2. The van der Waals surface area contributed by atoms with Crippen LogP contribution in [0.1, 0.15) is 33.1 Å². The van der Waals surface area contributed by atoms with E-state index in [1.807, 2.05) is 0 Å². The fourth-order valence-corrected chi connectivity index (χ4v) is 2.13. The number of carboxylic acid groups (broad SMARTS) is 1. The van der Waals surface area contributed by atoms with Crippen molar-refractivity contribution in [3.8, 4) is 0 Å². The molecule has 1 saturated heterocycles. The van der Waals surface area contributed by atoms with Crippen molar-refractivity contribution in [3.63, 3.8) is 0 Å². The number of carbonyl (C=O) groups is 2. The Morgan fingerprint density at radius 1 is 1.53 bits per heavy atom. The lowest BCUT2D eigenvalue weighted by Crippen LogP contribution is -2.50. The standard InChI is InChI=1S/C12H22N2O3/c1-4-10-6-5-7-14(8-10)12(17)13(3)9(2)11(15)16/h9-10H,4-8H2,1-3H3,(H,15,16). The van der Waals surface area contributed by atoms with E-state index in [1.54, 1.807) is 11.9 Å². The van der Waals surface area contributed by atoms with Crippen molar-refractivity contribution in [1.82, 2.24) is 9.80 Å². The molecule has 1 aliphatic heterocycles. The number of urea groups is 1. The summed E-state index contributed by atoms with van der Waals surface area (Å²) in [5, 5.41) is 8.89. The molecule has 2 amide bonds. The topological polar surface area (TPSA) is 60.9 Å². The van der Waals surface area contributed by atoms with Gasteiger partial charge in [0.25, 0.3) is 0 Å². The molecular weight excluding hydrogens is 220 g/mol. The van der Waals surface area contributed by atoms with Gasteiger partial charge in [-0.3, -0.25) is 0 Å². The third-order valence-electron chi connectivity index (χ3n) is 3.61. The van der Waals surface area contributed by atoms with Crippen LogP contribution in [-0.4, -0.2) is 53.1 Å². The Kier molecular flexibility index (Phi) is 4.78. The molecule has 0 bridgehead atoms. The summed E-state index contributed by atoms with van der Waals surface area (Å²) in [4.78, 5) is 26.0. The summed E-state index contributed by atoms with van der Waals surface area (Å²) >= 11 is 0. The second kappa shape index (κ2) is 5.89. The predicted molar refractivity (Wildman–Crippen MR) is 64.8 cm³/mol. The van der Waals surface area contributed by atoms with E-state index in [2.05, 4.69) is 6.92 Å². The molecule has 17 heavy (non-hydrogen) atoms. The molecule has 1 aliphatic rings. The lowest BCUT2D eigenvalue weighted by atomic mass is 9.96. The third-order valence-corrected chi connectivity index (χ3v) is 3.61. The number of carbonyl (C=O) groups excluding carboxylic acids is 1. The molecule has 0 saturated carbocycles. The highest BCUT2D eigenvalue weighted by molar-refractivity contribution is 5.82. The van der Waals surface area contributed by atoms with Crippen LogP contribution in [0.15, 0.2) is 0 Å². The number of rotatable bonds is 3.